The number of hydrogen-bond acceptors (Lipinski definition) is 6. The highest BCUT2D eigenvalue weighted by Crippen LogP contribution is 2.16. The van der Waals surface area contributed by atoms with Crippen molar-refractivity contribution in [2.24, 2.45) is 0 Å². The fourth-order valence-corrected chi connectivity index (χ4v) is 2.10. The average molecular weight is 322 g/mol. The monoisotopic (exact) mass is 322 g/mol. The van der Waals surface area contributed by atoms with Crippen molar-refractivity contribution in [1.29, 1.82) is 0 Å². The lowest BCUT2D eigenvalue weighted by molar-refractivity contribution is -0.140. The molecule has 0 radical (unpaired) electrons. The highest BCUT2D eigenvalue weighted by Gasteiger charge is 2.21. The van der Waals surface area contributed by atoms with Gasteiger partial charge in [-0.15, -0.1) is 0 Å². The molecule has 1 amide bonds. The van der Waals surface area contributed by atoms with Gasteiger partial charge in [0.15, 0.2) is 0 Å². The van der Waals surface area contributed by atoms with Gasteiger partial charge in [-0.1, -0.05) is 0 Å². The van der Waals surface area contributed by atoms with Gasteiger partial charge < -0.3 is 24.8 Å². The number of nitrogens with one attached hydrogen (secondary N) is 2. The Bertz CT molecular complexity index is 512. The van der Waals surface area contributed by atoms with Crippen LogP contribution in [0.3, 0.4) is 0 Å². The van der Waals surface area contributed by atoms with Crippen LogP contribution in [-0.2, 0) is 19.1 Å². The summed E-state index contributed by atoms with van der Waals surface area (Å²) in [5, 5.41) is 5.92. The van der Waals surface area contributed by atoms with Crippen LogP contribution in [0.5, 0.6) is 5.75 Å². The molecule has 1 aliphatic rings. The van der Waals surface area contributed by atoms with Gasteiger partial charge in [-0.2, -0.15) is 0 Å². The van der Waals surface area contributed by atoms with Crippen LogP contribution in [-0.4, -0.2) is 51.4 Å². The lowest BCUT2D eigenvalue weighted by Crippen LogP contribution is -2.45. The molecule has 1 unspecified atom stereocenters. The Kier molecular flexibility index (Phi) is 6.83. The van der Waals surface area contributed by atoms with Gasteiger partial charge in [0.05, 0.1) is 20.3 Å². The predicted octanol–water partition coefficient (Wildman–Crippen LogP) is 0.945. The Morgan fingerprint density at radius 2 is 2.13 bits per heavy atom. The number of rotatable bonds is 7. The van der Waals surface area contributed by atoms with Crippen molar-refractivity contribution in [2.45, 2.75) is 18.9 Å². The third-order valence-electron chi connectivity index (χ3n) is 3.36. The second kappa shape index (κ2) is 9.12. The lowest BCUT2D eigenvalue weighted by atomic mass is 10.2. The number of anilines is 1. The van der Waals surface area contributed by atoms with Gasteiger partial charge in [0.2, 0.25) is 0 Å². The fraction of sp³-hybridized carbons (Fsp3) is 0.500. The first-order chi connectivity index (χ1) is 11.2. The summed E-state index contributed by atoms with van der Waals surface area (Å²) in [5.41, 5.74) is 0.686. The van der Waals surface area contributed by atoms with E-state index in [2.05, 4.69) is 15.4 Å². The molecule has 1 aliphatic heterocycles. The highest BCUT2D eigenvalue weighted by atomic mass is 16.5. The number of amides is 1. The van der Waals surface area contributed by atoms with Gasteiger partial charge in [0, 0.05) is 25.2 Å². The maximum absolute atomic E-state index is 12.0. The first kappa shape index (κ1) is 17.2. The molecular formula is C16H22N2O5. The maximum atomic E-state index is 12.0. The van der Waals surface area contributed by atoms with Gasteiger partial charge in [-0.3, -0.25) is 9.59 Å². The Hall–Kier alpha value is -2.12. The van der Waals surface area contributed by atoms with Crippen molar-refractivity contribution in [3.05, 3.63) is 24.3 Å². The first-order valence-corrected chi connectivity index (χ1v) is 7.62. The molecule has 1 heterocycles. The molecule has 1 aromatic rings. The van der Waals surface area contributed by atoms with Crippen LogP contribution in [0.25, 0.3) is 0 Å². The first-order valence-electron chi connectivity index (χ1n) is 7.62. The molecule has 1 saturated heterocycles. The molecule has 23 heavy (non-hydrogen) atoms. The smallest absolute Gasteiger partial charge is 0.305 e. The zero-order valence-electron chi connectivity index (χ0n) is 13.2. The van der Waals surface area contributed by atoms with Gasteiger partial charge in [-0.25, -0.2) is 0 Å². The minimum atomic E-state index is -0.460. The van der Waals surface area contributed by atoms with Crippen LogP contribution in [0.1, 0.15) is 12.8 Å². The summed E-state index contributed by atoms with van der Waals surface area (Å²) >= 11 is 0. The van der Waals surface area contributed by atoms with E-state index in [-0.39, 0.29) is 11.9 Å². The molecule has 1 atom stereocenters. The SMILES string of the molecule is COC(=O)CCCOc1ccc(NC(=O)C2CNCCO2)cc1. The summed E-state index contributed by atoms with van der Waals surface area (Å²) in [7, 11) is 1.37. The molecule has 0 saturated carbocycles. The van der Waals surface area contributed by atoms with Crippen molar-refractivity contribution in [3.63, 3.8) is 0 Å². The van der Waals surface area contributed by atoms with E-state index in [1.54, 1.807) is 24.3 Å². The van der Waals surface area contributed by atoms with E-state index in [1.807, 2.05) is 0 Å². The number of carbonyl (C=O) groups is 2. The zero-order chi connectivity index (χ0) is 16.5. The largest absolute Gasteiger partial charge is 0.494 e. The summed E-state index contributed by atoms with van der Waals surface area (Å²) in [6.45, 7) is 2.26. The van der Waals surface area contributed by atoms with Gasteiger partial charge in [0.25, 0.3) is 5.91 Å². The van der Waals surface area contributed by atoms with E-state index < -0.39 is 6.10 Å². The van der Waals surface area contributed by atoms with Gasteiger partial charge in [-0.05, 0) is 30.7 Å². The Morgan fingerprint density at radius 3 is 2.78 bits per heavy atom. The van der Waals surface area contributed by atoms with Crippen LogP contribution in [0.2, 0.25) is 0 Å². The molecule has 0 aliphatic carbocycles. The van der Waals surface area contributed by atoms with Crippen molar-refractivity contribution in [3.8, 4) is 5.75 Å². The number of ether oxygens (including phenoxy) is 3. The summed E-state index contributed by atoms with van der Waals surface area (Å²) in [6.07, 6.45) is 0.468. The molecule has 7 nitrogen and oxygen atoms in total. The van der Waals surface area contributed by atoms with E-state index >= 15 is 0 Å². The zero-order valence-corrected chi connectivity index (χ0v) is 13.2. The maximum Gasteiger partial charge on any atom is 0.305 e. The molecule has 126 valence electrons. The third-order valence-corrected chi connectivity index (χ3v) is 3.36. The summed E-state index contributed by atoms with van der Waals surface area (Å²) in [6, 6.07) is 7.08. The number of methoxy groups -OCH3 is 1. The average Bonchev–Trinajstić information content (AvgIpc) is 2.60. The number of benzene rings is 1. The summed E-state index contributed by atoms with van der Waals surface area (Å²) in [4.78, 5) is 23.0. The van der Waals surface area contributed by atoms with Gasteiger partial charge in [0.1, 0.15) is 11.9 Å². The molecule has 7 heteroatoms. The topological polar surface area (TPSA) is 85.9 Å². The van der Waals surface area contributed by atoms with Crippen molar-refractivity contribution in [2.75, 3.05) is 38.7 Å². The van der Waals surface area contributed by atoms with Crippen LogP contribution in [0.4, 0.5) is 5.69 Å². The van der Waals surface area contributed by atoms with Crippen molar-refractivity contribution < 1.29 is 23.8 Å². The van der Waals surface area contributed by atoms with E-state index in [0.717, 1.165) is 6.54 Å². The van der Waals surface area contributed by atoms with E-state index in [1.165, 1.54) is 7.11 Å². The van der Waals surface area contributed by atoms with E-state index in [9.17, 15) is 9.59 Å². The standard InChI is InChI=1S/C16H22N2O5/c1-21-15(19)3-2-9-22-13-6-4-12(5-7-13)18-16(20)14-11-17-8-10-23-14/h4-7,14,17H,2-3,8-11H2,1H3,(H,18,20). The second-order valence-electron chi connectivity index (χ2n) is 5.11. The highest BCUT2D eigenvalue weighted by molar-refractivity contribution is 5.94. The van der Waals surface area contributed by atoms with Crippen LogP contribution >= 0.6 is 0 Å². The number of carbonyl (C=O) groups excluding carboxylic acids is 2. The molecule has 2 rings (SSSR count). The molecule has 0 bridgehead atoms. The molecule has 0 aromatic heterocycles. The number of morpholine rings is 1. The van der Waals surface area contributed by atoms with Crippen LogP contribution in [0.15, 0.2) is 24.3 Å². The molecule has 0 spiro atoms. The summed E-state index contributed by atoms with van der Waals surface area (Å²) < 4.78 is 15.5. The molecule has 1 fully saturated rings. The fourth-order valence-electron chi connectivity index (χ4n) is 2.10. The molecular weight excluding hydrogens is 300 g/mol. The molecule has 2 N–H and O–H groups in total. The van der Waals surface area contributed by atoms with E-state index in [4.69, 9.17) is 9.47 Å². The van der Waals surface area contributed by atoms with E-state index in [0.29, 0.717) is 44.0 Å². The second-order valence-corrected chi connectivity index (χ2v) is 5.11. The van der Waals surface area contributed by atoms with Crippen LogP contribution < -0.4 is 15.4 Å². The quantitative estimate of drug-likeness (QED) is 0.574. The lowest BCUT2D eigenvalue weighted by Gasteiger charge is -2.22. The number of esters is 1. The minimum Gasteiger partial charge on any atom is -0.494 e. The Balaban J connectivity index is 1.73. The Morgan fingerprint density at radius 1 is 1.35 bits per heavy atom. The predicted molar refractivity (Wildman–Crippen MR) is 84.4 cm³/mol. The van der Waals surface area contributed by atoms with Gasteiger partial charge >= 0.3 is 5.97 Å². The number of hydrogen-bond donors (Lipinski definition) is 2. The van der Waals surface area contributed by atoms with Crippen molar-refractivity contribution >= 4 is 17.6 Å². The normalized spacial score (nSPS) is 17.3. The molecule has 1 aromatic carbocycles. The summed E-state index contributed by atoms with van der Waals surface area (Å²) in [5.74, 6) is 0.276. The Labute approximate surface area is 135 Å². The minimum absolute atomic E-state index is 0.163. The third kappa shape index (κ3) is 5.88. The van der Waals surface area contributed by atoms with Crippen LogP contribution in [0, 0.1) is 0 Å². The van der Waals surface area contributed by atoms with Crippen molar-refractivity contribution in [1.82, 2.24) is 5.32 Å².